The predicted octanol–water partition coefficient (Wildman–Crippen LogP) is 1.58. The molecule has 88 valence electrons. The highest BCUT2D eigenvalue weighted by atomic mass is 19.3. The highest BCUT2D eigenvalue weighted by molar-refractivity contribution is 5.76. The molecule has 1 aromatic rings. The van der Waals surface area contributed by atoms with Crippen LogP contribution >= 0.6 is 0 Å². The zero-order valence-electron chi connectivity index (χ0n) is 8.75. The quantitative estimate of drug-likeness (QED) is 0.752. The summed E-state index contributed by atoms with van der Waals surface area (Å²) in [6.45, 7) is -0.588. The van der Waals surface area contributed by atoms with Crippen LogP contribution in [0.1, 0.15) is 12.0 Å². The highest BCUT2D eigenvalue weighted by Gasteiger charge is 2.06. The summed E-state index contributed by atoms with van der Waals surface area (Å²) < 4.78 is 23.6. The van der Waals surface area contributed by atoms with E-state index in [4.69, 9.17) is 5.73 Å². The number of nitrogen functional groups attached to an aromatic ring is 1. The molecule has 3 N–H and O–H groups in total. The number of carbonyl (C=O) groups is 1. The van der Waals surface area contributed by atoms with Gasteiger partial charge in [0.15, 0.2) is 0 Å². The van der Waals surface area contributed by atoms with E-state index < -0.39 is 13.0 Å². The molecule has 0 fully saturated rings. The summed E-state index contributed by atoms with van der Waals surface area (Å²) in [5.41, 5.74) is 7.12. The van der Waals surface area contributed by atoms with Crippen molar-refractivity contribution in [3.63, 3.8) is 0 Å². The number of aryl methyl sites for hydroxylation is 1. The van der Waals surface area contributed by atoms with Gasteiger partial charge < -0.3 is 11.1 Å². The number of benzene rings is 1. The first-order valence-corrected chi connectivity index (χ1v) is 4.97. The van der Waals surface area contributed by atoms with Crippen LogP contribution in [0.3, 0.4) is 0 Å². The molecule has 1 aromatic carbocycles. The van der Waals surface area contributed by atoms with Gasteiger partial charge in [-0.15, -0.1) is 0 Å². The molecule has 5 heteroatoms. The maximum Gasteiger partial charge on any atom is 0.255 e. The average molecular weight is 228 g/mol. The summed E-state index contributed by atoms with van der Waals surface area (Å²) in [5, 5.41) is 2.15. The first-order chi connectivity index (χ1) is 7.58. The molecule has 0 saturated carbocycles. The minimum atomic E-state index is -2.50. The molecule has 3 nitrogen and oxygen atoms in total. The summed E-state index contributed by atoms with van der Waals surface area (Å²) in [6, 6.07) is 7.15. The van der Waals surface area contributed by atoms with Gasteiger partial charge in [0.2, 0.25) is 5.91 Å². The molecular formula is C11H14F2N2O. The number of nitrogens with two attached hydrogens (primary N) is 1. The fourth-order valence-electron chi connectivity index (χ4n) is 1.29. The number of alkyl halides is 2. The van der Waals surface area contributed by atoms with Crippen LogP contribution in [0.15, 0.2) is 24.3 Å². The van der Waals surface area contributed by atoms with Crippen molar-refractivity contribution in [2.45, 2.75) is 19.3 Å². The van der Waals surface area contributed by atoms with Gasteiger partial charge in [-0.05, 0) is 24.1 Å². The van der Waals surface area contributed by atoms with E-state index in [2.05, 4.69) is 5.32 Å². The molecule has 0 spiro atoms. The van der Waals surface area contributed by atoms with Crippen LogP contribution in [0, 0.1) is 0 Å². The zero-order chi connectivity index (χ0) is 12.0. The van der Waals surface area contributed by atoms with Crippen molar-refractivity contribution in [3.05, 3.63) is 29.8 Å². The van der Waals surface area contributed by atoms with Gasteiger partial charge in [0, 0.05) is 12.1 Å². The second-order valence-electron chi connectivity index (χ2n) is 3.44. The van der Waals surface area contributed by atoms with Crippen LogP contribution < -0.4 is 11.1 Å². The Hall–Kier alpha value is -1.65. The molecule has 1 rings (SSSR count). The fraction of sp³-hybridized carbons (Fsp3) is 0.364. The van der Waals surface area contributed by atoms with Crippen molar-refractivity contribution in [1.29, 1.82) is 0 Å². The number of hydrogen-bond acceptors (Lipinski definition) is 2. The minimum absolute atomic E-state index is 0.191. The third kappa shape index (κ3) is 4.72. The average Bonchev–Trinajstić information content (AvgIpc) is 2.23. The maximum absolute atomic E-state index is 11.8. The second kappa shape index (κ2) is 6.05. The number of rotatable bonds is 5. The van der Waals surface area contributed by atoms with Crippen LogP contribution in [-0.2, 0) is 11.2 Å². The lowest BCUT2D eigenvalue weighted by molar-refractivity contribution is -0.121. The summed E-state index contributed by atoms with van der Waals surface area (Å²) in [4.78, 5) is 11.1. The summed E-state index contributed by atoms with van der Waals surface area (Å²) in [5.74, 6) is -0.372. The van der Waals surface area contributed by atoms with Crippen molar-refractivity contribution >= 4 is 11.6 Å². The Kier molecular flexibility index (Phi) is 4.69. The van der Waals surface area contributed by atoms with Gasteiger partial charge in [0.25, 0.3) is 6.43 Å². The van der Waals surface area contributed by atoms with Gasteiger partial charge in [0.05, 0.1) is 6.54 Å². The molecule has 0 bridgehead atoms. The first kappa shape index (κ1) is 12.4. The highest BCUT2D eigenvalue weighted by Crippen LogP contribution is 2.08. The Morgan fingerprint density at radius 1 is 1.44 bits per heavy atom. The third-order valence-electron chi connectivity index (χ3n) is 2.05. The molecule has 0 aliphatic rings. The SMILES string of the molecule is Nc1cccc(CCC(=O)NCC(F)F)c1. The van der Waals surface area contributed by atoms with Crippen LogP contribution in [0.5, 0.6) is 0 Å². The van der Waals surface area contributed by atoms with Gasteiger partial charge in [0.1, 0.15) is 0 Å². The normalized spacial score (nSPS) is 10.4. The molecule has 16 heavy (non-hydrogen) atoms. The Bertz CT molecular complexity index is 356. The van der Waals surface area contributed by atoms with Crippen molar-refractivity contribution in [3.8, 4) is 0 Å². The Morgan fingerprint density at radius 2 is 2.19 bits per heavy atom. The molecule has 0 radical (unpaired) electrons. The smallest absolute Gasteiger partial charge is 0.255 e. The molecule has 0 unspecified atom stereocenters. The van der Waals surface area contributed by atoms with Gasteiger partial charge in [-0.3, -0.25) is 4.79 Å². The molecule has 1 amide bonds. The van der Waals surface area contributed by atoms with Gasteiger partial charge in [-0.25, -0.2) is 8.78 Å². The van der Waals surface area contributed by atoms with E-state index in [-0.39, 0.29) is 12.3 Å². The largest absolute Gasteiger partial charge is 0.399 e. The van der Waals surface area contributed by atoms with Crippen molar-refractivity contribution in [1.82, 2.24) is 5.32 Å². The van der Waals surface area contributed by atoms with Crippen LogP contribution in [-0.4, -0.2) is 18.9 Å². The second-order valence-corrected chi connectivity index (χ2v) is 3.44. The molecule has 0 saturated heterocycles. The molecular weight excluding hydrogens is 214 g/mol. The molecule has 0 heterocycles. The number of nitrogens with one attached hydrogen (secondary N) is 1. The van der Waals surface area contributed by atoms with E-state index in [0.717, 1.165) is 5.56 Å². The first-order valence-electron chi connectivity index (χ1n) is 4.97. The number of halogens is 2. The summed E-state index contributed by atoms with van der Waals surface area (Å²) in [6.07, 6.45) is -1.81. The van der Waals surface area contributed by atoms with Gasteiger partial charge in [-0.1, -0.05) is 12.1 Å². The van der Waals surface area contributed by atoms with Gasteiger partial charge in [-0.2, -0.15) is 0 Å². The summed E-state index contributed by atoms with van der Waals surface area (Å²) in [7, 11) is 0. The Balaban J connectivity index is 2.31. The molecule has 0 aliphatic heterocycles. The summed E-state index contributed by atoms with van der Waals surface area (Å²) >= 11 is 0. The monoisotopic (exact) mass is 228 g/mol. The lowest BCUT2D eigenvalue weighted by Crippen LogP contribution is -2.28. The molecule has 0 aliphatic carbocycles. The topological polar surface area (TPSA) is 55.1 Å². The predicted molar refractivity (Wildman–Crippen MR) is 58.2 cm³/mol. The van der Waals surface area contributed by atoms with E-state index in [9.17, 15) is 13.6 Å². The van der Waals surface area contributed by atoms with Crippen molar-refractivity contribution in [2.24, 2.45) is 0 Å². The fourth-order valence-corrected chi connectivity index (χ4v) is 1.29. The van der Waals surface area contributed by atoms with Crippen LogP contribution in [0.2, 0.25) is 0 Å². The van der Waals surface area contributed by atoms with Crippen LogP contribution in [0.4, 0.5) is 14.5 Å². The van der Waals surface area contributed by atoms with E-state index in [0.29, 0.717) is 12.1 Å². The lowest BCUT2D eigenvalue weighted by Gasteiger charge is -2.04. The standard InChI is InChI=1S/C11H14F2N2O/c12-10(13)7-15-11(16)5-4-8-2-1-3-9(14)6-8/h1-3,6,10H,4-5,7,14H2,(H,15,16). The van der Waals surface area contributed by atoms with Crippen LogP contribution in [0.25, 0.3) is 0 Å². The van der Waals surface area contributed by atoms with Crippen molar-refractivity contribution in [2.75, 3.05) is 12.3 Å². The number of amides is 1. The third-order valence-corrected chi connectivity index (χ3v) is 2.05. The number of carbonyl (C=O) groups excluding carboxylic acids is 1. The van der Waals surface area contributed by atoms with Gasteiger partial charge >= 0.3 is 0 Å². The zero-order valence-corrected chi connectivity index (χ0v) is 8.75. The number of hydrogen-bond donors (Lipinski definition) is 2. The number of anilines is 1. The van der Waals surface area contributed by atoms with E-state index in [1.54, 1.807) is 18.2 Å². The molecule has 0 atom stereocenters. The van der Waals surface area contributed by atoms with E-state index in [1.807, 2.05) is 6.07 Å². The van der Waals surface area contributed by atoms with E-state index in [1.165, 1.54) is 0 Å². The van der Waals surface area contributed by atoms with Crippen molar-refractivity contribution < 1.29 is 13.6 Å². The minimum Gasteiger partial charge on any atom is -0.399 e. The lowest BCUT2D eigenvalue weighted by atomic mass is 10.1. The van der Waals surface area contributed by atoms with E-state index >= 15 is 0 Å². The maximum atomic E-state index is 11.8. The Morgan fingerprint density at radius 3 is 2.81 bits per heavy atom. The molecule has 0 aromatic heterocycles. The Labute approximate surface area is 92.6 Å².